The van der Waals surface area contributed by atoms with Gasteiger partial charge in [-0.05, 0) is 43.2 Å². The molecule has 110 valence electrons. The number of carbonyl (C=O) groups is 1. The van der Waals surface area contributed by atoms with E-state index in [0.717, 1.165) is 5.56 Å². The molecule has 1 unspecified atom stereocenters. The lowest BCUT2D eigenvalue weighted by molar-refractivity contribution is 0.0737. The van der Waals surface area contributed by atoms with Crippen molar-refractivity contribution in [2.24, 2.45) is 0 Å². The lowest BCUT2D eigenvalue weighted by atomic mass is 10.0. The fourth-order valence-corrected chi connectivity index (χ4v) is 2.15. The molecule has 1 atom stereocenters. The van der Waals surface area contributed by atoms with Crippen molar-refractivity contribution in [3.05, 3.63) is 65.0 Å². The van der Waals surface area contributed by atoms with Gasteiger partial charge in [-0.3, -0.25) is 4.79 Å². The van der Waals surface area contributed by atoms with Crippen LogP contribution in [-0.4, -0.2) is 23.0 Å². The molecule has 0 aliphatic carbocycles. The second-order valence-electron chi connectivity index (χ2n) is 5.12. The Bertz CT molecular complexity index is 652. The van der Waals surface area contributed by atoms with Gasteiger partial charge in [0.05, 0.1) is 11.6 Å². The molecule has 0 bridgehead atoms. The first-order valence-corrected chi connectivity index (χ1v) is 6.73. The van der Waals surface area contributed by atoms with Crippen molar-refractivity contribution in [1.29, 1.82) is 0 Å². The number of aromatic hydroxyl groups is 1. The summed E-state index contributed by atoms with van der Waals surface area (Å²) in [5, 5.41) is 9.30. The molecule has 4 heteroatoms. The van der Waals surface area contributed by atoms with Crippen LogP contribution in [0.25, 0.3) is 0 Å². The zero-order valence-electron chi connectivity index (χ0n) is 12.3. The third kappa shape index (κ3) is 3.05. The average Bonchev–Trinajstić information content (AvgIpc) is 2.48. The first kappa shape index (κ1) is 15.0. The highest BCUT2D eigenvalue weighted by atomic mass is 19.1. The Labute approximate surface area is 123 Å². The monoisotopic (exact) mass is 287 g/mol. The molecule has 21 heavy (non-hydrogen) atoms. The van der Waals surface area contributed by atoms with Gasteiger partial charge in [-0.15, -0.1) is 0 Å². The Balaban J connectivity index is 2.26. The Morgan fingerprint density at radius 1 is 1.19 bits per heavy atom. The topological polar surface area (TPSA) is 40.5 Å². The number of hydrogen-bond donors (Lipinski definition) is 1. The van der Waals surface area contributed by atoms with Crippen LogP contribution in [0.15, 0.2) is 42.5 Å². The molecule has 1 amide bonds. The molecule has 3 nitrogen and oxygen atoms in total. The number of benzene rings is 2. The van der Waals surface area contributed by atoms with Gasteiger partial charge in [0.2, 0.25) is 0 Å². The van der Waals surface area contributed by atoms with Crippen LogP contribution in [0.4, 0.5) is 4.39 Å². The molecule has 0 aliphatic rings. The van der Waals surface area contributed by atoms with E-state index in [1.807, 2.05) is 6.92 Å². The SMILES string of the molecule is Cc1cccc(C(=O)N(C)C(C)c2ccc(O)cc2)c1F. The fourth-order valence-electron chi connectivity index (χ4n) is 2.15. The second-order valence-corrected chi connectivity index (χ2v) is 5.12. The number of carbonyl (C=O) groups excluding carboxylic acids is 1. The summed E-state index contributed by atoms with van der Waals surface area (Å²) < 4.78 is 14.1. The van der Waals surface area contributed by atoms with Gasteiger partial charge in [-0.1, -0.05) is 24.3 Å². The summed E-state index contributed by atoms with van der Waals surface area (Å²) >= 11 is 0. The molecule has 0 heterocycles. The summed E-state index contributed by atoms with van der Waals surface area (Å²) in [5.74, 6) is -0.673. The van der Waals surface area contributed by atoms with Gasteiger partial charge in [0.25, 0.3) is 5.91 Å². The molecule has 0 spiro atoms. The van der Waals surface area contributed by atoms with E-state index in [1.165, 1.54) is 11.0 Å². The minimum absolute atomic E-state index is 0.0723. The zero-order valence-corrected chi connectivity index (χ0v) is 12.3. The van der Waals surface area contributed by atoms with Crippen molar-refractivity contribution in [3.8, 4) is 5.75 Å². The van der Waals surface area contributed by atoms with E-state index in [0.29, 0.717) is 5.56 Å². The smallest absolute Gasteiger partial charge is 0.257 e. The largest absolute Gasteiger partial charge is 0.508 e. The van der Waals surface area contributed by atoms with E-state index in [9.17, 15) is 14.3 Å². The van der Waals surface area contributed by atoms with Gasteiger partial charge < -0.3 is 10.0 Å². The maximum atomic E-state index is 14.1. The molecule has 1 N–H and O–H groups in total. The van der Waals surface area contributed by atoms with Crippen LogP contribution >= 0.6 is 0 Å². The highest BCUT2D eigenvalue weighted by Gasteiger charge is 2.22. The standard InChI is InChI=1S/C17H18FNO2/c1-11-5-4-6-15(16(11)18)17(21)19(3)12(2)13-7-9-14(20)10-8-13/h4-10,12,20H,1-3H3. The quantitative estimate of drug-likeness (QED) is 0.935. The molecule has 2 aromatic carbocycles. The van der Waals surface area contributed by atoms with Gasteiger partial charge in [0.15, 0.2) is 0 Å². The van der Waals surface area contributed by atoms with Gasteiger partial charge >= 0.3 is 0 Å². The third-order valence-corrected chi connectivity index (χ3v) is 3.70. The van der Waals surface area contributed by atoms with E-state index in [1.54, 1.807) is 50.4 Å². The molecular weight excluding hydrogens is 269 g/mol. The summed E-state index contributed by atoms with van der Waals surface area (Å²) in [5.41, 5.74) is 1.39. The van der Waals surface area contributed by atoms with Crippen LogP contribution in [0.1, 0.15) is 34.5 Å². The van der Waals surface area contributed by atoms with Crippen LogP contribution in [0, 0.1) is 12.7 Å². The molecule has 0 aliphatic heterocycles. The number of rotatable bonds is 3. The van der Waals surface area contributed by atoms with Crippen LogP contribution < -0.4 is 0 Å². The highest BCUT2D eigenvalue weighted by Crippen LogP contribution is 2.23. The van der Waals surface area contributed by atoms with Crippen LogP contribution in [0.2, 0.25) is 0 Å². The van der Waals surface area contributed by atoms with E-state index in [4.69, 9.17) is 0 Å². The Morgan fingerprint density at radius 2 is 1.81 bits per heavy atom. The van der Waals surface area contributed by atoms with Crippen molar-refractivity contribution < 1.29 is 14.3 Å². The van der Waals surface area contributed by atoms with Crippen molar-refractivity contribution in [3.63, 3.8) is 0 Å². The average molecular weight is 287 g/mol. The zero-order chi connectivity index (χ0) is 15.6. The summed E-state index contributed by atoms with van der Waals surface area (Å²) in [6, 6.07) is 11.2. The van der Waals surface area contributed by atoms with E-state index in [2.05, 4.69) is 0 Å². The van der Waals surface area contributed by atoms with Crippen LogP contribution in [0.3, 0.4) is 0 Å². The molecule has 0 saturated carbocycles. The summed E-state index contributed by atoms with van der Waals surface area (Å²) in [6.07, 6.45) is 0. The van der Waals surface area contributed by atoms with E-state index < -0.39 is 5.82 Å². The normalized spacial score (nSPS) is 12.0. The Hall–Kier alpha value is -2.36. The predicted molar refractivity (Wildman–Crippen MR) is 79.8 cm³/mol. The number of phenols is 1. The minimum Gasteiger partial charge on any atom is -0.508 e. The molecule has 2 aromatic rings. The van der Waals surface area contributed by atoms with Gasteiger partial charge in [0, 0.05) is 7.05 Å². The molecule has 2 rings (SSSR count). The van der Waals surface area contributed by atoms with Crippen molar-refractivity contribution in [2.45, 2.75) is 19.9 Å². The second kappa shape index (κ2) is 5.95. The maximum Gasteiger partial charge on any atom is 0.257 e. The predicted octanol–water partition coefficient (Wildman–Crippen LogP) is 3.67. The summed E-state index contributed by atoms with van der Waals surface area (Å²) in [6.45, 7) is 3.49. The molecule has 0 saturated heterocycles. The van der Waals surface area contributed by atoms with Gasteiger partial charge in [-0.25, -0.2) is 4.39 Å². The third-order valence-electron chi connectivity index (χ3n) is 3.70. The summed E-state index contributed by atoms with van der Waals surface area (Å²) in [7, 11) is 1.64. The van der Waals surface area contributed by atoms with E-state index >= 15 is 0 Å². The first-order chi connectivity index (χ1) is 9.91. The van der Waals surface area contributed by atoms with Crippen molar-refractivity contribution >= 4 is 5.91 Å². The number of hydrogen-bond acceptors (Lipinski definition) is 2. The van der Waals surface area contributed by atoms with Crippen molar-refractivity contribution in [2.75, 3.05) is 7.05 Å². The lowest BCUT2D eigenvalue weighted by Gasteiger charge is -2.25. The molecule has 0 aromatic heterocycles. The van der Waals surface area contributed by atoms with Crippen molar-refractivity contribution in [1.82, 2.24) is 4.90 Å². The number of aryl methyl sites for hydroxylation is 1. The summed E-state index contributed by atoms with van der Waals surface area (Å²) in [4.78, 5) is 13.9. The van der Waals surface area contributed by atoms with Crippen LogP contribution in [0.5, 0.6) is 5.75 Å². The number of halogens is 1. The molecule has 0 radical (unpaired) electrons. The first-order valence-electron chi connectivity index (χ1n) is 6.73. The number of phenolic OH excluding ortho intramolecular Hbond substituents is 1. The number of amides is 1. The van der Waals surface area contributed by atoms with Gasteiger partial charge in [-0.2, -0.15) is 0 Å². The van der Waals surface area contributed by atoms with Gasteiger partial charge in [0.1, 0.15) is 11.6 Å². The lowest BCUT2D eigenvalue weighted by Crippen LogP contribution is -2.30. The maximum absolute atomic E-state index is 14.1. The Kier molecular flexibility index (Phi) is 4.26. The number of nitrogens with zero attached hydrogens (tertiary/aromatic N) is 1. The Morgan fingerprint density at radius 3 is 2.43 bits per heavy atom. The molecular formula is C17H18FNO2. The highest BCUT2D eigenvalue weighted by molar-refractivity contribution is 5.94. The van der Waals surface area contributed by atoms with E-state index in [-0.39, 0.29) is 23.3 Å². The minimum atomic E-state index is -0.479. The van der Waals surface area contributed by atoms with Crippen LogP contribution in [-0.2, 0) is 0 Å². The fraction of sp³-hybridized carbons (Fsp3) is 0.235. The molecule has 0 fully saturated rings.